The maximum Gasteiger partial charge on any atom is 0.410 e. The maximum absolute atomic E-state index is 12.9. The van der Waals surface area contributed by atoms with Gasteiger partial charge in [0, 0.05) is 59.9 Å². The van der Waals surface area contributed by atoms with Crippen molar-refractivity contribution in [3.63, 3.8) is 0 Å². The number of hydrogen-bond acceptors (Lipinski definition) is 16. The highest BCUT2D eigenvalue weighted by atomic mass is 32.1. The smallest absolute Gasteiger partial charge is 0.410 e. The molecule has 16 nitrogen and oxygen atoms in total. The molecular formula is C47H56N8O8S4. The molecule has 0 radical (unpaired) electrons. The number of hydrogen-bond donors (Lipinski definition) is 6. The molecule has 0 saturated heterocycles. The van der Waals surface area contributed by atoms with Gasteiger partial charge in [0.1, 0.15) is 31.2 Å². The third kappa shape index (κ3) is 13.4. The minimum Gasteiger partial charge on any atom is -0.480 e. The summed E-state index contributed by atoms with van der Waals surface area (Å²) in [4.78, 5) is 74.1. The van der Waals surface area contributed by atoms with Gasteiger partial charge in [0.15, 0.2) is 0 Å². The Morgan fingerprint density at radius 2 is 1.22 bits per heavy atom. The fourth-order valence-corrected chi connectivity index (χ4v) is 12.1. The van der Waals surface area contributed by atoms with Gasteiger partial charge in [-0.2, -0.15) is 0 Å². The van der Waals surface area contributed by atoms with Crippen molar-refractivity contribution in [2.45, 2.75) is 91.5 Å². The minimum atomic E-state index is -0.933. The lowest BCUT2D eigenvalue weighted by Crippen LogP contribution is -2.39. The third-order valence-electron chi connectivity index (χ3n) is 10.2. The van der Waals surface area contributed by atoms with Crippen molar-refractivity contribution in [1.82, 2.24) is 30.8 Å². The number of esters is 1. The van der Waals surface area contributed by atoms with E-state index in [1.54, 1.807) is 38.9 Å². The second kappa shape index (κ2) is 21.7. The van der Waals surface area contributed by atoms with Crippen LogP contribution in [0.15, 0.2) is 48.5 Å². The minimum absolute atomic E-state index is 0.0370. The van der Waals surface area contributed by atoms with Crippen LogP contribution in [-0.2, 0) is 54.6 Å². The van der Waals surface area contributed by atoms with Crippen LogP contribution in [0.5, 0.6) is 0 Å². The number of aromatic nitrogens is 2. The van der Waals surface area contributed by atoms with Crippen LogP contribution in [0.4, 0.5) is 14.8 Å². The van der Waals surface area contributed by atoms with E-state index in [0.29, 0.717) is 32.6 Å². The van der Waals surface area contributed by atoms with Crippen molar-refractivity contribution in [2.75, 3.05) is 49.9 Å². The van der Waals surface area contributed by atoms with Crippen LogP contribution in [0, 0.1) is 0 Å². The van der Waals surface area contributed by atoms with E-state index < -0.39 is 17.2 Å². The first-order valence-electron chi connectivity index (χ1n) is 22.0. The highest BCUT2D eigenvalue weighted by Gasteiger charge is 2.32. The summed E-state index contributed by atoms with van der Waals surface area (Å²) in [6.07, 6.45) is 1.61. The standard InChI is InChI=1S/C28H36N4O5S2.C19H20N4O3S2/c1-27(2,3)36-22(34)15-29-13-11-21(33)31-25-23(24-30-18-9-7-8-10-19(18)38-24)17-12-14-32(16-20(17)39-25)26(35)37-28(4,5)6;24-15(6-8-21-10-16(25)26)23-19-17(11-5-7-20-9-14(11)28-19)18-22-12-3-1-2-4-13(12)27-18/h7-10,29H,11-16H2,1-6H3,(H,31,33);1-4,20-21H,5-10H2,(H,23,24)(H,25,26). The molecule has 6 N–H and O–H groups in total. The van der Waals surface area contributed by atoms with Crippen molar-refractivity contribution < 1.29 is 38.6 Å². The van der Waals surface area contributed by atoms with E-state index in [1.165, 1.54) is 21.8 Å². The average Bonchev–Trinajstić information content (AvgIpc) is 4.04. The average molecular weight is 989 g/mol. The molecule has 0 spiro atoms. The number of amides is 3. The molecule has 2 aliphatic rings. The zero-order valence-corrected chi connectivity index (χ0v) is 41.6. The summed E-state index contributed by atoms with van der Waals surface area (Å²) in [5.41, 5.74) is 5.09. The largest absolute Gasteiger partial charge is 0.480 e. The van der Waals surface area contributed by atoms with E-state index in [2.05, 4.69) is 32.7 Å². The van der Waals surface area contributed by atoms with Crippen LogP contribution in [0.2, 0.25) is 0 Å². The van der Waals surface area contributed by atoms with Crippen molar-refractivity contribution >= 4 is 106 Å². The summed E-state index contributed by atoms with van der Waals surface area (Å²) < 4.78 is 13.1. The predicted octanol–water partition coefficient (Wildman–Crippen LogP) is 8.25. The quantitative estimate of drug-likeness (QED) is 0.0449. The van der Waals surface area contributed by atoms with Crippen molar-refractivity contribution in [2.24, 2.45) is 0 Å². The first kappa shape index (κ1) is 49.6. The van der Waals surface area contributed by atoms with Gasteiger partial charge >= 0.3 is 18.0 Å². The molecule has 0 saturated carbocycles. The molecule has 0 unspecified atom stereocenters. The molecule has 0 atom stereocenters. The molecule has 2 aromatic carbocycles. The second-order valence-electron chi connectivity index (χ2n) is 17.9. The lowest BCUT2D eigenvalue weighted by molar-refractivity contribution is -0.153. The number of thiazole rings is 2. The van der Waals surface area contributed by atoms with Gasteiger partial charge in [-0.15, -0.1) is 45.3 Å². The van der Waals surface area contributed by atoms with Crippen molar-refractivity contribution in [3.8, 4) is 21.1 Å². The number of thiophene rings is 2. The van der Waals surface area contributed by atoms with Gasteiger partial charge in [-0.3, -0.25) is 19.2 Å². The number of fused-ring (bicyclic) bond motifs is 4. The number of carbonyl (C=O) groups is 5. The fraction of sp³-hybridized carbons (Fsp3) is 0.426. The number of rotatable bonds is 14. The summed E-state index contributed by atoms with van der Waals surface area (Å²) >= 11 is 6.30. The number of ether oxygens (including phenoxy) is 2. The molecule has 67 heavy (non-hydrogen) atoms. The summed E-state index contributed by atoms with van der Waals surface area (Å²) in [5.74, 6) is -1.60. The number of carboxylic acid groups (broad SMARTS) is 1. The van der Waals surface area contributed by atoms with Gasteiger partial charge in [-0.05, 0) is 96.3 Å². The predicted molar refractivity (Wildman–Crippen MR) is 267 cm³/mol. The molecule has 0 bridgehead atoms. The molecule has 0 aliphatic carbocycles. The van der Waals surface area contributed by atoms with Gasteiger partial charge < -0.3 is 46.1 Å². The Labute approximate surface area is 404 Å². The highest BCUT2D eigenvalue weighted by molar-refractivity contribution is 7.23. The molecule has 4 aromatic heterocycles. The van der Waals surface area contributed by atoms with Gasteiger partial charge in [-0.1, -0.05) is 24.3 Å². The van der Waals surface area contributed by atoms with Crippen molar-refractivity contribution in [3.05, 3.63) is 69.4 Å². The van der Waals surface area contributed by atoms with E-state index in [1.807, 2.05) is 84.0 Å². The van der Waals surface area contributed by atoms with Crippen LogP contribution in [-0.4, -0.2) is 100 Å². The normalized spacial score (nSPS) is 13.6. The SMILES string of the molecule is CC(C)(C)OC(=O)CNCCC(=O)Nc1sc2c(c1-c1nc3ccccc3s1)CCN(C(=O)OC(C)(C)C)C2.O=C(O)CNCCC(=O)Nc1sc2c(c1-c1nc3ccccc3s1)CCNC2. The molecule has 6 aromatic rings. The highest BCUT2D eigenvalue weighted by Crippen LogP contribution is 2.47. The number of nitrogens with one attached hydrogen (secondary N) is 5. The molecule has 2 aliphatic heterocycles. The number of benzene rings is 2. The monoisotopic (exact) mass is 988 g/mol. The number of anilines is 2. The Hall–Kier alpha value is -5.35. The Bertz CT molecular complexity index is 2700. The third-order valence-corrected chi connectivity index (χ3v) is 14.6. The molecule has 356 valence electrons. The molecular weight excluding hydrogens is 933 g/mol. The fourth-order valence-electron chi connectivity index (χ4n) is 7.35. The van der Waals surface area contributed by atoms with Gasteiger partial charge in [-0.25, -0.2) is 14.8 Å². The lowest BCUT2D eigenvalue weighted by atomic mass is 10.0. The van der Waals surface area contributed by atoms with Gasteiger partial charge in [0.25, 0.3) is 0 Å². The van der Waals surface area contributed by atoms with Crippen molar-refractivity contribution in [1.29, 1.82) is 0 Å². The number of carboxylic acids is 1. The zero-order valence-electron chi connectivity index (χ0n) is 38.4. The number of para-hydroxylation sites is 2. The van der Waals surface area contributed by atoms with Gasteiger partial charge in [0.2, 0.25) is 11.8 Å². The van der Waals surface area contributed by atoms with E-state index in [-0.39, 0.29) is 49.8 Å². The summed E-state index contributed by atoms with van der Waals surface area (Å²) in [7, 11) is 0. The Morgan fingerprint density at radius 3 is 1.76 bits per heavy atom. The number of carbonyl (C=O) groups excluding carboxylic acids is 4. The summed E-state index contributed by atoms with van der Waals surface area (Å²) in [6, 6.07) is 16.0. The van der Waals surface area contributed by atoms with Crippen LogP contribution in [0.3, 0.4) is 0 Å². The Kier molecular flexibility index (Phi) is 16.1. The topological polar surface area (TPSA) is 213 Å². The Morgan fingerprint density at radius 1 is 0.701 bits per heavy atom. The second-order valence-corrected chi connectivity index (χ2v) is 22.2. The molecule has 0 fully saturated rings. The first-order chi connectivity index (χ1) is 31.9. The maximum atomic E-state index is 12.9. The summed E-state index contributed by atoms with van der Waals surface area (Å²) in [6.45, 7) is 14.2. The number of aliphatic carboxylic acids is 1. The van der Waals surface area contributed by atoms with Crippen LogP contribution < -0.4 is 26.6 Å². The number of nitrogens with zero attached hydrogens (tertiary/aromatic N) is 3. The van der Waals surface area contributed by atoms with Crippen LogP contribution in [0.1, 0.15) is 75.3 Å². The zero-order chi connectivity index (χ0) is 47.9. The molecule has 20 heteroatoms. The van der Waals surface area contributed by atoms with Crippen LogP contribution in [0.25, 0.3) is 41.6 Å². The van der Waals surface area contributed by atoms with Crippen LogP contribution >= 0.6 is 45.3 Å². The van der Waals surface area contributed by atoms with E-state index in [9.17, 15) is 24.0 Å². The molecule has 6 heterocycles. The van der Waals surface area contributed by atoms with E-state index in [4.69, 9.17) is 24.5 Å². The molecule has 3 amide bonds. The summed E-state index contributed by atoms with van der Waals surface area (Å²) in [5, 5.41) is 27.2. The Balaban J connectivity index is 0.000000209. The lowest BCUT2D eigenvalue weighted by Gasteiger charge is -2.30. The van der Waals surface area contributed by atoms with E-state index >= 15 is 0 Å². The molecule has 8 rings (SSSR count). The van der Waals surface area contributed by atoms with Gasteiger partial charge in [0.05, 0.1) is 40.1 Å². The first-order valence-corrected chi connectivity index (χ1v) is 25.3. The van der Waals surface area contributed by atoms with E-state index in [0.717, 1.165) is 81.5 Å².